The van der Waals surface area contributed by atoms with E-state index in [0.29, 0.717) is 5.02 Å². The van der Waals surface area contributed by atoms with Gasteiger partial charge in [-0.2, -0.15) is 0 Å². The highest BCUT2D eigenvalue weighted by molar-refractivity contribution is 6.33. The van der Waals surface area contributed by atoms with Crippen molar-refractivity contribution in [2.75, 3.05) is 5.32 Å². The highest BCUT2D eigenvalue weighted by Crippen LogP contribution is 2.40. The van der Waals surface area contributed by atoms with E-state index in [1.54, 1.807) is 0 Å². The first kappa shape index (κ1) is 20.1. The molecule has 166 valence electrons. The number of nitrogens with one attached hydrogen (secondary N) is 1. The molecule has 6 aromatic carbocycles. The number of aromatic nitrogens is 2. The van der Waals surface area contributed by atoms with Gasteiger partial charge in [-0.15, -0.1) is 0 Å². The molecule has 35 heavy (non-hydrogen) atoms. The summed E-state index contributed by atoms with van der Waals surface area (Å²) in [4.78, 5) is 4.90. The van der Waals surface area contributed by atoms with Crippen LogP contribution in [0, 0.1) is 0 Å². The molecule has 0 unspecified atom stereocenters. The molecule has 0 fully saturated rings. The molecule has 0 bridgehead atoms. The first-order chi connectivity index (χ1) is 17.3. The Bertz CT molecular complexity index is 1870. The van der Waals surface area contributed by atoms with E-state index in [1.807, 2.05) is 36.7 Å². The Morgan fingerprint density at radius 1 is 0.629 bits per heavy atom. The Kier molecular flexibility index (Phi) is 4.51. The fourth-order valence-electron chi connectivity index (χ4n) is 5.11. The summed E-state index contributed by atoms with van der Waals surface area (Å²) >= 11 is 6.40. The van der Waals surface area contributed by atoms with Crippen molar-refractivity contribution in [3.8, 4) is 5.69 Å². The van der Waals surface area contributed by atoms with Gasteiger partial charge in [0.1, 0.15) is 6.33 Å². The number of rotatable bonds is 3. The van der Waals surface area contributed by atoms with Crippen molar-refractivity contribution in [3.05, 3.63) is 121 Å². The number of benzene rings is 6. The number of hydrogen-bond donors (Lipinski definition) is 1. The maximum Gasteiger partial charge on any atom is 0.100 e. The number of hydrogen-bond acceptors (Lipinski definition) is 2. The topological polar surface area (TPSA) is 29.9 Å². The van der Waals surface area contributed by atoms with Crippen molar-refractivity contribution < 1.29 is 0 Å². The summed E-state index contributed by atoms with van der Waals surface area (Å²) in [7, 11) is 0. The van der Waals surface area contributed by atoms with Gasteiger partial charge >= 0.3 is 0 Å². The highest BCUT2D eigenvalue weighted by Gasteiger charge is 2.15. The monoisotopic (exact) mass is 469 g/mol. The Hall–Kier alpha value is -4.34. The average molecular weight is 470 g/mol. The Morgan fingerprint density at radius 3 is 2.17 bits per heavy atom. The van der Waals surface area contributed by atoms with Gasteiger partial charge in [0.25, 0.3) is 0 Å². The van der Waals surface area contributed by atoms with E-state index in [1.165, 1.54) is 32.3 Å². The van der Waals surface area contributed by atoms with Gasteiger partial charge in [0.2, 0.25) is 0 Å². The van der Waals surface area contributed by atoms with Crippen molar-refractivity contribution in [1.82, 2.24) is 9.55 Å². The number of fused-ring (bicyclic) bond motifs is 8. The summed E-state index contributed by atoms with van der Waals surface area (Å²) in [6, 6.07) is 37.7. The van der Waals surface area contributed by atoms with Crippen LogP contribution in [0.5, 0.6) is 0 Å². The quantitative estimate of drug-likeness (QED) is 0.262. The lowest BCUT2D eigenvalue weighted by molar-refractivity contribution is 1.09. The summed E-state index contributed by atoms with van der Waals surface area (Å²) in [5.41, 5.74) is 5.12. The van der Waals surface area contributed by atoms with Gasteiger partial charge in [-0.25, -0.2) is 4.98 Å². The molecular weight excluding hydrogens is 450 g/mol. The number of anilines is 2. The van der Waals surface area contributed by atoms with Crippen LogP contribution < -0.4 is 5.32 Å². The molecular formula is C31H20ClN3. The second kappa shape index (κ2) is 7.86. The van der Waals surface area contributed by atoms with Gasteiger partial charge in [0.15, 0.2) is 0 Å². The van der Waals surface area contributed by atoms with Crippen LogP contribution in [0.25, 0.3) is 49.0 Å². The molecule has 0 aliphatic rings. The van der Waals surface area contributed by atoms with E-state index < -0.39 is 0 Å². The normalized spacial score (nSPS) is 11.6. The van der Waals surface area contributed by atoms with E-state index in [2.05, 4.69) is 88.7 Å². The van der Waals surface area contributed by atoms with Gasteiger partial charge in [-0.05, 0) is 69.4 Å². The third-order valence-electron chi connectivity index (χ3n) is 6.70. The number of para-hydroxylation sites is 2. The van der Waals surface area contributed by atoms with Gasteiger partial charge in [-0.3, -0.25) is 4.57 Å². The molecule has 0 radical (unpaired) electrons. The lowest BCUT2D eigenvalue weighted by atomic mass is 9.93. The molecule has 0 aliphatic heterocycles. The molecule has 0 saturated heterocycles. The van der Waals surface area contributed by atoms with Crippen molar-refractivity contribution in [3.63, 3.8) is 0 Å². The second-order valence-electron chi connectivity index (χ2n) is 8.72. The third kappa shape index (κ3) is 3.17. The Balaban J connectivity index is 1.51. The molecule has 4 heteroatoms. The van der Waals surface area contributed by atoms with Crippen LogP contribution in [0.15, 0.2) is 116 Å². The fraction of sp³-hybridized carbons (Fsp3) is 0. The molecule has 0 amide bonds. The van der Waals surface area contributed by atoms with Gasteiger partial charge in [-0.1, -0.05) is 78.3 Å². The summed E-state index contributed by atoms with van der Waals surface area (Å²) < 4.78 is 2.16. The van der Waals surface area contributed by atoms with Gasteiger partial charge in [0, 0.05) is 16.8 Å². The maximum absolute atomic E-state index is 6.40. The molecule has 1 N–H and O–H groups in total. The maximum atomic E-state index is 6.40. The summed E-state index contributed by atoms with van der Waals surface area (Å²) in [5.74, 6) is 0. The molecule has 0 aliphatic carbocycles. The van der Waals surface area contributed by atoms with Crippen molar-refractivity contribution in [2.45, 2.75) is 0 Å². The van der Waals surface area contributed by atoms with Crippen LogP contribution in [0.2, 0.25) is 5.02 Å². The lowest BCUT2D eigenvalue weighted by Crippen LogP contribution is -1.93. The summed E-state index contributed by atoms with van der Waals surface area (Å²) in [6.45, 7) is 0. The minimum absolute atomic E-state index is 0.701. The fourth-order valence-corrected chi connectivity index (χ4v) is 5.29. The van der Waals surface area contributed by atoms with Crippen LogP contribution >= 0.6 is 11.6 Å². The van der Waals surface area contributed by atoms with Crippen LogP contribution in [-0.4, -0.2) is 9.55 Å². The van der Waals surface area contributed by atoms with Crippen LogP contribution in [0.3, 0.4) is 0 Å². The van der Waals surface area contributed by atoms with Gasteiger partial charge in [0.05, 0.1) is 21.7 Å². The average Bonchev–Trinajstić information content (AvgIpc) is 3.35. The standard InChI is InChI=1S/C31H20ClN3/c32-27-12-6-7-13-28(27)34-20-14-15-23-25-16-17-29-31(33-19-35(29)21-8-2-1-3-9-21)30(25)24-11-5-4-10-22(24)26(23)18-20/h1-19,34H. The van der Waals surface area contributed by atoms with E-state index in [9.17, 15) is 0 Å². The highest BCUT2D eigenvalue weighted by atomic mass is 35.5. The molecule has 1 heterocycles. The molecule has 7 rings (SSSR count). The Labute approximate surface area is 207 Å². The predicted molar refractivity (Wildman–Crippen MR) is 148 cm³/mol. The minimum Gasteiger partial charge on any atom is -0.354 e. The molecule has 1 aromatic heterocycles. The smallest absolute Gasteiger partial charge is 0.100 e. The molecule has 0 saturated carbocycles. The molecule has 7 aromatic rings. The van der Waals surface area contributed by atoms with E-state index in [0.717, 1.165) is 28.1 Å². The van der Waals surface area contributed by atoms with Crippen molar-refractivity contribution in [2.24, 2.45) is 0 Å². The van der Waals surface area contributed by atoms with E-state index in [-0.39, 0.29) is 0 Å². The van der Waals surface area contributed by atoms with Crippen LogP contribution in [0.4, 0.5) is 11.4 Å². The number of imidazole rings is 1. The molecule has 3 nitrogen and oxygen atoms in total. The van der Waals surface area contributed by atoms with Gasteiger partial charge < -0.3 is 5.32 Å². The zero-order chi connectivity index (χ0) is 23.4. The van der Waals surface area contributed by atoms with Crippen LogP contribution in [-0.2, 0) is 0 Å². The largest absolute Gasteiger partial charge is 0.354 e. The van der Waals surface area contributed by atoms with Crippen LogP contribution in [0.1, 0.15) is 0 Å². The molecule has 0 spiro atoms. The van der Waals surface area contributed by atoms with E-state index in [4.69, 9.17) is 16.6 Å². The van der Waals surface area contributed by atoms with E-state index >= 15 is 0 Å². The molecule has 0 atom stereocenters. The lowest BCUT2D eigenvalue weighted by Gasteiger charge is -2.14. The summed E-state index contributed by atoms with van der Waals surface area (Å²) in [5, 5.41) is 11.4. The summed E-state index contributed by atoms with van der Waals surface area (Å²) in [6.07, 6.45) is 1.93. The Morgan fingerprint density at radius 2 is 1.31 bits per heavy atom. The zero-order valence-corrected chi connectivity index (χ0v) is 19.5. The minimum atomic E-state index is 0.701. The second-order valence-corrected chi connectivity index (χ2v) is 9.12. The first-order valence-electron chi connectivity index (χ1n) is 11.6. The first-order valence-corrected chi connectivity index (χ1v) is 12.0. The van der Waals surface area contributed by atoms with Crippen molar-refractivity contribution >= 4 is 66.3 Å². The third-order valence-corrected chi connectivity index (χ3v) is 7.03. The van der Waals surface area contributed by atoms with Crippen molar-refractivity contribution in [1.29, 1.82) is 0 Å². The number of halogens is 1. The number of nitrogens with zero attached hydrogens (tertiary/aromatic N) is 2. The SMILES string of the molecule is Clc1ccccc1Nc1ccc2c(c1)c1ccccc1c1c2ccc2c1ncn2-c1ccccc1. The zero-order valence-electron chi connectivity index (χ0n) is 18.7. The predicted octanol–water partition coefficient (Wildman–Crippen LogP) is 8.88.